The van der Waals surface area contributed by atoms with Gasteiger partial charge in [0.15, 0.2) is 6.61 Å². The number of aryl methyl sites for hydroxylation is 1. The Morgan fingerprint density at radius 2 is 2.17 bits per heavy atom. The van der Waals surface area contributed by atoms with Gasteiger partial charge in [-0.15, -0.1) is 10.2 Å². The standard InChI is InChI=1S/C16H20BrN3O2S/c1-4-5-15-19-20-16(23-15)18-14(21)9-22-13-7-6-11(10(2)3)8-12(13)17/h6-8,10H,4-5,9H2,1-3H3,(H,18,20,21). The van der Waals surface area contributed by atoms with E-state index < -0.39 is 0 Å². The summed E-state index contributed by atoms with van der Waals surface area (Å²) in [5.74, 6) is 0.843. The van der Waals surface area contributed by atoms with Gasteiger partial charge in [0.1, 0.15) is 10.8 Å². The molecule has 0 radical (unpaired) electrons. The van der Waals surface area contributed by atoms with Gasteiger partial charge in [0.05, 0.1) is 4.47 Å². The van der Waals surface area contributed by atoms with E-state index >= 15 is 0 Å². The number of carbonyl (C=O) groups is 1. The Morgan fingerprint density at radius 3 is 2.83 bits per heavy atom. The molecular weight excluding hydrogens is 378 g/mol. The van der Waals surface area contributed by atoms with Crippen LogP contribution in [0.15, 0.2) is 22.7 Å². The van der Waals surface area contributed by atoms with E-state index in [0.717, 1.165) is 22.3 Å². The molecule has 124 valence electrons. The number of carbonyl (C=O) groups excluding carboxylic acids is 1. The minimum Gasteiger partial charge on any atom is -0.483 e. The summed E-state index contributed by atoms with van der Waals surface area (Å²) >= 11 is 4.87. The number of benzene rings is 1. The second kappa shape index (κ2) is 8.40. The predicted octanol–water partition coefficient (Wildman–Crippen LogP) is 4.39. The van der Waals surface area contributed by atoms with E-state index in [1.54, 1.807) is 0 Å². The number of ether oxygens (including phenoxy) is 1. The van der Waals surface area contributed by atoms with Gasteiger partial charge in [0, 0.05) is 6.42 Å². The zero-order chi connectivity index (χ0) is 16.8. The molecule has 1 heterocycles. The minimum absolute atomic E-state index is 0.0671. The molecular formula is C16H20BrN3O2S. The Balaban J connectivity index is 1.88. The zero-order valence-electron chi connectivity index (χ0n) is 13.4. The van der Waals surface area contributed by atoms with Crippen molar-refractivity contribution in [2.45, 2.75) is 39.5 Å². The average Bonchev–Trinajstić information content (AvgIpc) is 2.93. The highest BCUT2D eigenvalue weighted by atomic mass is 79.9. The van der Waals surface area contributed by atoms with Gasteiger partial charge in [-0.1, -0.05) is 38.2 Å². The first-order chi connectivity index (χ1) is 11.0. The lowest BCUT2D eigenvalue weighted by Crippen LogP contribution is -2.20. The van der Waals surface area contributed by atoms with Gasteiger partial charge in [-0.25, -0.2) is 0 Å². The fourth-order valence-corrected chi connectivity index (χ4v) is 3.28. The van der Waals surface area contributed by atoms with Crippen molar-refractivity contribution >= 4 is 38.3 Å². The van der Waals surface area contributed by atoms with Crippen molar-refractivity contribution in [1.82, 2.24) is 10.2 Å². The van der Waals surface area contributed by atoms with Crippen molar-refractivity contribution in [3.8, 4) is 5.75 Å². The molecule has 0 saturated carbocycles. The van der Waals surface area contributed by atoms with E-state index in [0.29, 0.717) is 16.8 Å². The van der Waals surface area contributed by atoms with Crippen molar-refractivity contribution < 1.29 is 9.53 Å². The first-order valence-electron chi connectivity index (χ1n) is 7.54. The number of nitrogens with one attached hydrogen (secondary N) is 1. The Bertz CT molecular complexity index is 673. The van der Waals surface area contributed by atoms with Gasteiger partial charge < -0.3 is 4.74 Å². The highest BCUT2D eigenvalue weighted by molar-refractivity contribution is 9.10. The summed E-state index contributed by atoms with van der Waals surface area (Å²) in [6, 6.07) is 5.89. The van der Waals surface area contributed by atoms with Crippen LogP contribution < -0.4 is 10.1 Å². The Morgan fingerprint density at radius 1 is 1.39 bits per heavy atom. The molecule has 0 aliphatic rings. The quantitative estimate of drug-likeness (QED) is 0.751. The van der Waals surface area contributed by atoms with Crippen molar-refractivity contribution in [3.05, 3.63) is 33.2 Å². The molecule has 1 aromatic carbocycles. The molecule has 1 amide bonds. The Labute approximate surface area is 148 Å². The smallest absolute Gasteiger partial charge is 0.264 e. The molecule has 0 aliphatic heterocycles. The van der Waals surface area contributed by atoms with Gasteiger partial charge in [0.25, 0.3) is 5.91 Å². The zero-order valence-corrected chi connectivity index (χ0v) is 15.8. The highest BCUT2D eigenvalue weighted by Gasteiger charge is 2.10. The molecule has 0 saturated heterocycles. The molecule has 0 spiro atoms. The first-order valence-corrected chi connectivity index (χ1v) is 9.15. The maximum absolute atomic E-state index is 11.9. The van der Waals surface area contributed by atoms with Gasteiger partial charge in [-0.3, -0.25) is 10.1 Å². The van der Waals surface area contributed by atoms with Crippen molar-refractivity contribution in [2.24, 2.45) is 0 Å². The molecule has 7 heteroatoms. The Hall–Kier alpha value is -1.47. The fourth-order valence-electron chi connectivity index (χ4n) is 1.91. The van der Waals surface area contributed by atoms with E-state index in [2.05, 4.69) is 52.2 Å². The fraction of sp³-hybridized carbons (Fsp3) is 0.438. The number of hydrogen-bond acceptors (Lipinski definition) is 5. The number of hydrogen-bond donors (Lipinski definition) is 1. The SMILES string of the molecule is CCCc1nnc(NC(=O)COc2ccc(C(C)C)cc2Br)s1. The van der Waals surface area contributed by atoms with Crippen LogP contribution in [0, 0.1) is 0 Å². The molecule has 1 N–H and O–H groups in total. The monoisotopic (exact) mass is 397 g/mol. The maximum Gasteiger partial charge on any atom is 0.264 e. The van der Waals surface area contributed by atoms with Crippen molar-refractivity contribution in [1.29, 1.82) is 0 Å². The van der Waals surface area contributed by atoms with Crippen LogP contribution >= 0.6 is 27.3 Å². The van der Waals surface area contributed by atoms with Crippen LogP contribution in [0.1, 0.15) is 43.7 Å². The average molecular weight is 398 g/mol. The van der Waals surface area contributed by atoms with E-state index in [1.165, 1.54) is 16.9 Å². The second-order valence-corrected chi connectivity index (χ2v) is 7.35. The summed E-state index contributed by atoms with van der Waals surface area (Å²) in [7, 11) is 0. The summed E-state index contributed by atoms with van der Waals surface area (Å²) in [5.41, 5.74) is 1.21. The van der Waals surface area contributed by atoms with E-state index in [-0.39, 0.29) is 12.5 Å². The molecule has 5 nitrogen and oxygen atoms in total. The van der Waals surface area contributed by atoms with Gasteiger partial charge in [0.2, 0.25) is 5.13 Å². The number of nitrogens with zero attached hydrogens (tertiary/aromatic N) is 2. The van der Waals surface area contributed by atoms with Crippen LogP contribution in [0.3, 0.4) is 0 Å². The maximum atomic E-state index is 11.9. The molecule has 0 fully saturated rings. The normalized spacial score (nSPS) is 10.8. The van der Waals surface area contributed by atoms with E-state index in [1.807, 2.05) is 18.2 Å². The third-order valence-corrected chi connectivity index (χ3v) is 4.68. The summed E-state index contributed by atoms with van der Waals surface area (Å²) in [4.78, 5) is 11.9. The van der Waals surface area contributed by atoms with Crippen LogP contribution in [0.4, 0.5) is 5.13 Å². The molecule has 2 rings (SSSR count). The largest absolute Gasteiger partial charge is 0.483 e. The van der Waals surface area contributed by atoms with Crippen molar-refractivity contribution in [3.63, 3.8) is 0 Å². The molecule has 0 bridgehead atoms. The van der Waals surface area contributed by atoms with E-state index in [4.69, 9.17) is 4.74 Å². The lowest BCUT2D eigenvalue weighted by molar-refractivity contribution is -0.118. The van der Waals surface area contributed by atoms with Gasteiger partial charge >= 0.3 is 0 Å². The minimum atomic E-state index is -0.246. The Kier molecular flexibility index (Phi) is 6.53. The van der Waals surface area contributed by atoms with Crippen LogP contribution in [-0.4, -0.2) is 22.7 Å². The van der Waals surface area contributed by atoms with Gasteiger partial charge in [-0.05, 0) is 46.0 Å². The first kappa shape index (κ1) is 17.9. The topological polar surface area (TPSA) is 64.1 Å². The number of rotatable bonds is 7. The molecule has 1 aromatic heterocycles. The lowest BCUT2D eigenvalue weighted by Gasteiger charge is -2.11. The summed E-state index contributed by atoms with van der Waals surface area (Å²) in [6.45, 7) is 6.27. The van der Waals surface area contributed by atoms with Crippen LogP contribution in [0.5, 0.6) is 5.75 Å². The van der Waals surface area contributed by atoms with Gasteiger partial charge in [-0.2, -0.15) is 0 Å². The summed E-state index contributed by atoms with van der Waals surface area (Å²) in [6.07, 6.45) is 1.88. The molecule has 2 aromatic rings. The van der Waals surface area contributed by atoms with Crippen LogP contribution in [0.25, 0.3) is 0 Å². The summed E-state index contributed by atoms with van der Waals surface area (Å²) in [5, 5.41) is 12.1. The predicted molar refractivity (Wildman–Crippen MR) is 96.3 cm³/mol. The van der Waals surface area contributed by atoms with Crippen LogP contribution in [0.2, 0.25) is 0 Å². The molecule has 0 aliphatic carbocycles. The lowest BCUT2D eigenvalue weighted by atomic mass is 10.0. The third kappa shape index (κ3) is 5.28. The number of aromatic nitrogens is 2. The summed E-state index contributed by atoms with van der Waals surface area (Å²) < 4.78 is 6.40. The van der Waals surface area contributed by atoms with Crippen LogP contribution in [-0.2, 0) is 11.2 Å². The number of amides is 1. The third-order valence-electron chi connectivity index (χ3n) is 3.16. The molecule has 0 atom stereocenters. The van der Waals surface area contributed by atoms with E-state index in [9.17, 15) is 4.79 Å². The number of halogens is 1. The number of anilines is 1. The highest BCUT2D eigenvalue weighted by Crippen LogP contribution is 2.28. The van der Waals surface area contributed by atoms with Crippen molar-refractivity contribution in [2.75, 3.05) is 11.9 Å². The molecule has 0 unspecified atom stereocenters. The molecule has 23 heavy (non-hydrogen) atoms. The second-order valence-electron chi connectivity index (χ2n) is 5.43.